The maximum atomic E-state index is 11.0. The number of rotatable bonds is 21. The van der Waals surface area contributed by atoms with Crippen molar-refractivity contribution < 1.29 is 28.6 Å². The van der Waals surface area contributed by atoms with Crippen LogP contribution in [0.15, 0.2) is 25.9 Å². The predicted octanol–water partition coefficient (Wildman–Crippen LogP) is 0.315. The van der Waals surface area contributed by atoms with Crippen LogP contribution >= 0.6 is 0 Å². The fourth-order valence-electron chi connectivity index (χ4n) is 2.25. The standard InChI is InChI=1S/C16H24N6O11/c23-13(20-28)1-4-31-9-16(10-32-5-2-14(24)21-29,11-33-6-3-15(25)22-30)17-7-12(19-27)8-18-26/h12,17H,1-11H2. The van der Waals surface area contributed by atoms with Crippen LogP contribution in [0.5, 0.6) is 0 Å². The molecule has 0 saturated carbocycles. The lowest BCUT2D eigenvalue weighted by Crippen LogP contribution is -2.58. The number of nitroso groups, excluding NO2 is 5. The van der Waals surface area contributed by atoms with E-state index < -0.39 is 35.8 Å². The highest BCUT2D eigenvalue weighted by Crippen LogP contribution is 2.11. The summed E-state index contributed by atoms with van der Waals surface area (Å²) in [6.07, 6.45) is -0.935. The highest BCUT2D eigenvalue weighted by Gasteiger charge is 2.33. The minimum absolute atomic E-state index is 0.177. The fraction of sp³-hybridized carbons (Fsp3) is 0.812. The maximum Gasteiger partial charge on any atom is 0.288 e. The zero-order valence-corrected chi connectivity index (χ0v) is 17.6. The average molecular weight is 476 g/mol. The van der Waals surface area contributed by atoms with Crippen LogP contribution in [0, 0.1) is 24.5 Å². The molecule has 0 aliphatic rings. The Morgan fingerprint density at radius 1 is 0.697 bits per heavy atom. The third-order valence-corrected chi connectivity index (χ3v) is 3.97. The van der Waals surface area contributed by atoms with Crippen molar-refractivity contribution in [1.82, 2.24) is 5.32 Å². The number of nitrogens with zero attached hydrogens (tertiary/aromatic N) is 5. The quantitative estimate of drug-likeness (QED) is 0.174. The molecule has 1 N–H and O–H groups in total. The Bertz CT molecular complexity index is 621. The van der Waals surface area contributed by atoms with Crippen molar-refractivity contribution in [3.05, 3.63) is 24.5 Å². The van der Waals surface area contributed by atoms with E-state index >= 15 is 0 Å². The van der Waals surface area contributed by atoms with E-state index in [9.17, 15) is 38.9 Å². The molecule has 0 aliphatic heterocycles. The van der Waals surface area contributed by atoms with Crippen LogP contribution < -0.4 is 5.32 Å². The molecule has 0 bridgehead atoms. The second kappa shape index (κ2) is 18.4. The molecule has 33 heavy (non-hydrogen) atoms. The molecule has 0 radical (unpaired) electrons. The van der Waals surface area contributed by atoms with Gasteiger partial charge in [-0.05, 0) is 0 Å². The van der Waals surface area contributed by atoms with Gasteiger partial charge in [0.25, 0.3) is 17.7 Å². The summed E-state index contributed by atoms with van der Waals surface area (Å²) in [6.45, 7) is -1.94. The first-order valence-corrected chi connectivity index (χ1v) is 9.54. The van der Waals surface area contributed by atoms with Crippen molar-refractivity contribution in [2.75, 3.05) is 52.7 Å². The summed E-state index contributed by atoms with van der Waals surface area (Å²) >= 11 is 0. The van der Waals surface area contributed by atoms with Crippen molar-refractivity contribution >= 4 is 17.7 Å². The first kappa shape index (κ1) is 29.9. The summed E-state index contributed by atoms with van der Waals surface area (Å²) in [5.41, 5.74) is -1.28. The number of amides is 3. The molecule has 0 saturated heterocycles. The van der Waals surface area contributed by atoms with E-state index in [0.29, 0.717) is 0 Å². The van der Waals surface area contributed by atoms with Crippen molar-refractivity contribution in [1.29, 1.82) is 0 Å². The Balaban J connectivity index is 5.31. The molecule has 184 valence electrons. The minimum atomic E-state index is -1.28. The number of hydrogen-bond donors (Lipinski definition) is 1. The Labute approximate surface area is 186 Å². The summed E-state index contributed by atoms with van der Waals surface area (Å²) in [5.74, 6) is -2.82. The molecule has 17 heteroatoms. The van der Waals surface area contributed by atoms with E-state index in [1.807, 2.05) is 0 Å². The van der Waals surface area contributed by atoms with Crippen LogP contribution in [0.2, 0.25) is 0 Å². The van der Waals surface area contributed by atoms with E-state index in [1.54, 1.807) is 0 Å². The number of carbonyl (C=O) groups excluding carboxylic acids is 3. The summed E-state index contributed by atoms with van der Waals surface area (Å²) in [7, 11) is 0. The highest BCUT2D eigenvalue weighted by atomic mass is 16.5. The van der Waals surface area contributed by atoms with Crippen molar-refractivity contribution in [3.8, 4) is 0 Å². The van der Waals surface area contributed by atoms with E-state index in [0.717, 1.165) is 0 Å². The molecule has 0 aromatic heterocycles. The lowest BCUT2D eigenvalue weighted by molar-refractivity contribution is -0.119. The van der Waals surface area contributed by atoms with Crippen LogP contribution in [0.25, 0.3) is 0 Å². The number of hydrogen-bond acceptors (Lipinski definition) is 14. The van der Waals surface area contributed by atoms with Gasteiger partial charge < -0.3 is 19.5 Å². The van der Waals surface area contributed by atoms with Gasteiger partial charge in [0, 0.05) is 22.1 Å². The molecule has 3 amide bonds. The van der Waals surface area contributed by atoms with Gasteiger partial charge >= 0.3 is 0 Å². The SMILES string of the molecule is O=NCC(CNC(COCCC(=O)N=O)(COCCC(=O)N=O)COCCC(=O)N=O)N=O. The molecule has 0 rings (SSSR count). The first-order chi connectivity index (χ1) is 15.9. The Morgan fingerprint density at radius 3 is 1.39 bits per heavy atom. The van der Waals surface area contributed by atoms with Gasteiger partial charge in [0.1, 0.15) is 12.6 Å². The highest BCUT2D eigenvalue weighted by molar-refractivity contribution is 5.77. The fourth-order valence-corrected chi connectivity index (χ4v) is 2.25. The molecular weight excluding hydrogens is 452 g/mol. The molecule has 0 aliphatic carbocycles. The normalized spacial score (nSPS) is 11.9. The van der Waals surface area contributed by atoms with E-state index in [4.69, 9.17) is 14.2 Å². The Morgan fingerprint density at radius 2 is 1.09 bits per heavy atom. The van der Waals surface area contributed by atoms with Gasteiger partial charge in [-0.15, -0.1) is 14.7 Å². The van der Waals surface area contributed by atoms with Gasteiger partial charge in [-0.25, -0.2) is 0 Å². The summed E-state index contributed by atoms with van der Waals surface area (Å²) in [5, 5.41) is 15.0. The summed E-state index contributed by atoms with van der Waals surface area (Å²) < 4.78 is 16.2. The van der Waals surface area contributed by atoms with Crippen molar-refractivity contribution in [2.24, 2.45) is 25.9 Å². The molecule has 0 aromatic carbocycles. The van der Waals surface area contributed by atoms with E-state index in [-0.39, 0.29) is 65.4 Å². The topological polar surface area (TPSA) is 238 Å². The lowest BCUT2D eigenvalue weighted by atomic mass is 10.0. The van der Waals surface area contributed by atoms with Crippen LogP contribution in [-0.4, -0.2) is 82.0 Å². The van der Waals surface area contributed by atoms with Gasteiger partial charge in [0.05, 0.1) is 64.4 Å². The second-order valence-corrected chi connectivity index (χ2v) is 6.59. The third kappa shape index (κ3) is 14.5. The second-order valence-electron chi connectivity index (χ2n) is 6.59. The summed E-state index contributed by atoms with van der Waals surface area (Å²) in [4.78, 5) is 85.0. The first-order valence-electron chi connectivity index (χ1n) is 9.54. The zero-order chi connectivity index (χ0) is 25.0. The van der Waals surface area contributed by atoms with Crippen LogP contribution in [0.1, 0.15) is 19.3 Å². The van der Waals surface area contributed by atoms with Gasteiger partial charge in [0.15, 0.2) is 0 Å². The van der Waals surface area contributed by atoms with Gasteiger partial charge in [0.2, 0.25) is 0 Å². The molecule has 17 nitrogen and oxygen atoms in total. The molecule has 0 aromatic rings. The van der Waals surface area contributed by atoms with Crippen LogP contribution in [0.4, 0.5) is 0 Å². The third-order valence-electron chi connectivity index (χ3n) is 3.97. The van der Waals surface area contributed by atoms with E-state index in [1.165, 1.54) is 0 Å². The smallest absolute Gasteiger partial charge is 0.288 e. The number of nitrogens with one attached hydrogen (secondary N) is 1. The zero-order valence-electron chi connectivity index (χ0n) is 17.6. The van der Waals surface area contributed by atoms with Gasteiger partial charge in [-0.1, -0.05) is 10.4 Å². The monoisotopic (exact) mass is 476 g/mol. The molecule has 0 fully saturated rings. The minimum Gasteiger partial charge on any atom is -0.379 e. The largest absolute Gasteiger partial charge is 0.379 e. The number of ether oxygens (including phenoxy) is 3. The predicted molar refractivity (Wildman–Crippen MR) is 110 cm³/mol. The van der Waals surface area contributed by atoms with Crippen LogP contribution in [0.3, 0.4) is 0 Å². The Hall–Kier alpha value is -3.15. The average Bonchev–Trinajstić information content (AvgIpc) is 2.83. The molecule has 0 spiro atoms. The molecule has 1 unspecified atom stereocenters. The van der Waals surface area contributed by atoms with Crippen molar-refractivity contribution in [3.63, 3.8) is 0 Å². The molecule has 0 heterocycles. The lowest BCUT2D eigenvalue weighted by Gasteiger charge is -2.34. The molecule has 1 atom stereocenters. The molecular formula is C16H24N6O11. The summed E-state index contributed by atoms with van der Waals surface area (Å²) in [6, 6.07) is -1.05. The van der Waals surface area contributed by atoms with Gasteiger partial charge in [-0.2, -0.15) is 9.81 Å². The van der Waals surface area contributed by atoms with Crippen molar-refractivity contribution in [2.45, 2.75) is 30.8 Å². The van der Waals surface area contributed by atoms with Gasteiger partial charge in [-0.3, -0.25) is 14.4 Å². The number of carbonyl (C=O) groups is 3. The maximum absolute atomic E-state index is 11.0. The Kier molecular flexibility index (Phi) is 16.7. The van der Waals surface area contributed by atoms with Crippen LogP contribution in [-0.2, 0) is 28.6 Å². The van der Waals surface area contributed by atoms with E-state index in [2.05, 4.69) is 31.2 Å².